The van der Waals surface area contributed by atoms with Gasteiger partial charge in [-0.05, 0) is 19.3 Å². The largest absolute Gasteiger partial charge is 0.337 e. The maximum absolute atomic E-state index is 12.9. The molecule has 1 aromatic heterocycles. The number of imidazole rings is 1. The molecule has 1 unspecified atom stereocenters. The van der Waals surface area contributed by atoms with Gasteiger partial charge in [0, 0.05) is 39.4 Å². The Bertz CT molecular complexity index is 828. The number of hydrogen-bond donors (Lipinski definition) is 0. The van der Waals surface area contributed by atoms with Gasteiger partial charge < -0.3 is 14.4 Å². The number of nitrogens with zero attached hydrogens (tertiary/aromatic N) is 5. The lowest BCUT2D eigenvalue weighted by Crippen LogP contribution is -2.60. The lowest BCUT2D eigenvalue weighted by molar-refractivity contribution is -0.156. The van der Waals surface area contributed by atoms with Crippen molar-refractivity contribution in [2.24, 2.45) is 13.0 Å². The Morgan fingerprint density at radius 1 is 1.22 bits per heavy atom. The van der Waals surface area contributed by atoms with Gasteiger partial charge in [-0.25, -0.2) is 13.4 Å². The molecule has 2 amide bonds. The molecule has 0 aliphatic carbocycles. The summed E-state index contributed by atoms with van der Waals surface area (Å²) >= 11 is 0. The van der Waals surface area contributed by atoms with Gasteiger partial charge in [0.1, 0.15) is 11.9 Å². The molecular formula is C17H27N5O4S. The predicted octanol–water partition coefficient (Wildman–Crippen LogP) is -0.182. The molecular weight excluding hydrogens is 370 g/mol. The predicted molar refractivity (Wildman–Crippen MR) is 98.2 cm³/mol. The number of rotatable bonds is 4. The first-order valence-corrected chi connectivity index (χ1v) is 10.6. The van der Waals surface area contributed by atoms with Crippen LogP contribution in [0.3, 0.4) is 0 Å². The van der Waals surface area contributed by atoms with Crippen molar-refractivity contribution in [2.75, 3.05) is 32.7 Å². The Hall–Kier alpha value is -1.94. The third-order valence-corrected chi connectivity index (χ3v) is 6.91. The van der Waals surface area contributed by atoms with Gasteiger partial charge in [0.15, 0.2) is 5.03 Å². The van der Waals surface area contributed by atoms with E-state index >= 15 is 0 Å². The van der Waals surface area contributed by atoms with Crippen molar-refractivity contribution < 1.29 is 18.0 Å². The van der Waals surface area contributed by atoms with Crippen molar-refractivity contribution in [3.63, 3.8) is 0 Å². The van der Waals surface area contributed by atoms with E-state index in [1.807, 2.05) is 13.8 Å². The number of fused-ring (bicyclic) bond motifs is 1. The highest BCUT2D eigenvalue weighted by Crippen LogP contribution is 2.23. The molecule has 0 saturated carbocycles. The first kappa shape index (κ1) is 19.8. The Morgan fingerprint density at radius 2 is 1.93 bits per heavy atom. The maximum atomic E-state index is 12.9. The summed E-state index contributed by atoms with van der Waals surface area (Å²) in [6.07, 6.45) is 1.79. The van der Waals surface area contributed by atoms with Crippen molar-refractivity contribution >= 4 is 21.8 Å². The van der Waals surface area contributed by atoms with Gasteiger partial charge in [-0.1, -0.05) is 13.8 Å². The van der Waals surface area contributed by atoms with Crippen LogP contribution in [0.15, 0.2) is 11.2 Å². The number of carbonyl (C=O) groups is 2. The maximum Gasteiger partial charge on any atom is 0.262 e. The summed E-state index contributed by atoms with van der Waals surface area (Å²) in [4.78, 5) is 32.6. The minimum atomic E-state index is -3.76. The fraction of sp³-hybridized carbons (Fsp3) is 0.706. The summed E-state index contributed by atoms with van der Waals surface area (Å²) in [5.41, 5.74) is 0. The summed E-state index contributed by atoms with van der Waals surface area (Å²) in [6.45, 7) is 6.91. The Labute approximate surface area is 160 Å². The zero-order chi connectivity index (χ0) is 19.9. The van der Waals surface area contributed by atoms with Gasteiger partial charge in [-0.2, -0.15) is 4.31 Å². The Balaban J connectivity index is 1.80. The van der Waals surface area contributed by atoms with E-state index in [-0.39, 0.29) is 48.9 Å². The summed E-state index contributed by atoms with van der Waals surface area (Å²) in [7, 11) is -2.02. The second-order valence-corrected chi connectivity index (χ2v) is 9.53. The quantitative estimate of drug-likeness (QED) is 0.702. The molecule has 0 radical (unpaired) electrons. The van der Waals surface area contributed by atoms with Crippen LogP contribution >= 0.6 is 0 Å². The summed E-state index contributed by atoms with van der Waals surface area (Å²) in [6, 6.07) is -0.587. The van der Waals surface area contributed by atoms with Crippen LogP contribution in [0.5, 0.6) is 0 Å². The molecule has 0 aromatic carbocycles. The van der Waals surface area contributed by atoms with Gasteiger partial charge >= 0.3 is 0 Å². The van der Waals surface area contributed by atoms with Gasteiger partial charge in [-0.15, -0.1) is 0 Å². The van der Waals surface area contributed by atoms with Gasteiger partial charge in [0.25, 0.3) is 10.0 Å². The Morgan fingerprint density at radius 3 is 2.52 bits per heavy atom. The topological polar surface area (TPSA) is 95.8 Å². The SMILES string of the molecule is Cc1nc(S(=O)(=O)N2CCC3C(=O)N(CC(C)C)CC(=O)N3CC2)cn1C. The summed E-state index contributed by atoms with van der Waals surface area (Å²) in [5, 5.41) is 0.00135. The lowest BCUT2D eigenvalue weighted by atomic mass is 10.1. The zero-order valence-corrected chi connectivity index (χ0v) is 17.1. The molecule has 3 rings (SSSR count). The van der Waals surface area contributed by atoms with E-state index in [0.717, 1.165) is 0 Å². The Kier molecular flexibility index (Phi) is 5.31. The molecule has 3 heterocycles. The van der Waals surface area contributed by atoms with E-state index in [1.54, 1.807) is 28.3 Å². The molecule has 1 aromatic rings. The van der Waals surface area contributed by atoms with E-state index in [4.69, 9.17) is 0 Å². The summed E-state index contributed by atoms with van der Waals surface area (Å²) < 4.78 is 28.9. The van der Waals surface area contributed by atoms with E-state index in [2.05, 4.69) is 4.98 Å². The number of amides is 2. The molecule has 1 atom stereocenters. The fourth-order valence-corrected chi connectivity index (χ4v) is 5.10. The second kappa shape index (κ2) is 7.23. The highest BCUT2D eigenvalue weighted by Gasteiger charge is 2.42. The van der Waals surface area contributed by atoms with Crippen LogP contribution in [-0.4, -0.2) is 82.7 Å². The molecule has 2 aliphatic rings. The molecule has 10 heteroatoms. The average Bonchev–Trinajstić information content (AvgIpc) is 2.80. The van der Waals surface area contributed by atoms with E-state index < -0.39 is 16.1 Å². The molecule has 9 nitrogen and oxygen atoms in total. The smallest absolute Gasteiger partial charge is 0.262 e. The highest BCUT2D eigenvalue weighted by atomic mass is 32.2. The number of aromatic nitrogens is 2. The molecule has 0 bridgehead atoms. The van der Waals surface area contributed by atoms with Gasteiger partial charge in [0.05, 0.1) is 6.54 Å². The van der Waals surface area contributed by atoms with Crippen LogP contribution in [0.1, 0.15) is 26.1 Å². The number of hydrogen-bond acceptors (Lipinski definition) is 5. The number of piperazine rings is 1. The standard InChI is InChI=1S/C17H27N5O4S/c1-12(2)9-20-11-16(23)22-8-7-21(6-5-14(22)17(20)24)27(25,26)15-10-19(4)13(3)18-15/h10,12,14H,5-9,11H2,1-4H3. The third-order valence-electron chi connectivity index (χ3n) is 5.14. The molecule has 0 spiro atoms. The van der Waals surface area contributed by atoms with E-state index in [0.29, 0.717) is 18.8 Å². The number of sulfonamides is 1. The molecule has 27 heavy (non-hydrogen) atoms. The van der Waals surface area contributed by atoms with Gasteiger partial charge in [-0.3, -0.25) is 9.59 Å². The third kappa shape index (κ3) is 3.73. The van der Waals surface area contributed by atoms with Crippen LogP contribution in [0, 0.1) is 12.8 Å². The van der Waals surface area contributed by atoms with Crippen LogP contribution in [0.4, 0.5) is 0 Å². The van der Waals surface area contributed by atoms with Gasteiger partial charge in [0.2, 0.25) is 11.8 Å². The normalized spacial score (nSPS) is 22.3. The van der Waals surface area contributed by atoms with Crippen LogP contribution in [-0.2, 0) is 26.7 Å². The molecule has 2 fully saturated rings. The van der Waals surface area contributed by atoms with Crippen molar-refractivity contribution in [1.29, 1.82) is 0 Å². The van der Waals surface area contributed by atoms with E-state index in [9.17, 15) is 18.0 Å². The van der Waals surface area contributed by atoms with Crippen molar-refractivity contribution in [2.45, 2.75) is 38.3 Å². The minimum Gasteiger partial charge on any atom is -0.337 e. The average molecular weight is 398 g/mol. The highest BCUT2D eigenvalue weighted by molar-refractivity contribution is 7.89. The number of aryl methyl sites for hydroxylation is 2. The second-order valence-electron chi connectivity index (χ2n) is 7.65. The summed E-state index contributed by atoms with van der Waals surface area (Å²) in [5.74, 6) is 0.670. The van der Waals surface area contributed by atoms with Crippen LogP contribution < -0.4 is 0 Å². The van der Waals surface area contributed by atoms with E-state index in [1.165, 1.54) is 10.5 Å². The first-order valence-electron chi connectivity index (χ1n) is 9.19. The molecule has 150 valence electrons. The van der Waals surface area contributed by atoms with Crippen molar-refractivity contribution in [1.82, 2.24) is 23.7 Å². The molecule has 2 aliphatic heterocycles. The number of carbonyl (C=O) groups excluding carboxylic acids is 2. The monoisotopic (exact) mass is 397 g/mol. The fourth-order valence-electron chi connectivity index (χ4n) is 3.63. The zero-order valence-electron chi connectivity index (χ0n) is 16.3. The van der Waals surface area contributed by atoms with Crippen LogP contribution in [0.2, 0.25) is 0 Å². The van der Waals surface area contributed by atoms with Crippen LogP contribution in [0.25, 0.3) is 0 Å². The first-order chi connectivity index (χ1) is 12.6. The molecule has 0 N–H and O–H groups in total. The molecule has 2 saturated heterocycles. The van der Waals surface area contributed by atoms with Crippen molar-refractivity contribution in [3.05, 3.63) is 12.0 Å². The minimum absolute atomic E-state index is 0.00135. The lowest BCUT2D eigenvalue weighted by Gasteiger charge is -2.39. The van der Waals surface area contributed by atoms with Crippen molar-refractivity contribution in [3.8, 4) is 0 Å².